The van der Waals surface area contributed by atoms with Crippen LogP contribution in [0.15, 0.2) is 6.20 Å². The zero-order chi connectivity index (χ0) is 16.2. The van der Waals surface area contributed by atoms with E-state index in [2.05, 4.69) is 10.00 Å². The highest BCUT2D eigenvalue weighted by Gasteiger charge is 2.34. The van der Waals surface area contributed by atoms with E-state index >= 15 is 0 Å². The van der Waals surface area contributed by atoms with Gasteiger partial charge in [0.15, 0.2) is 5.69 Å². The monoisotopic (exact) mass is 337 g/mol. The fourth-order valence-electron chi connectivity index (χ4n) is 4.17. The number of carbonyl (C=O) groups excluding carboxylic acids is 1. The number of rotatable bonds is 4. The largest absolute Gasteiger partial charge is 0.331 e. The molecule has 5 heteroatoms. The Morgan fingerprint density at radius 1 is 1.13 bits per heavy atom. The van der Waals surface area contributed by atoms with Crippen molar-refractivity contribution in [3.8, 4) is 0 Å². The molecule has 2 saturated carbocycles. The van der Waals surface area contributed by atoms with Crippen molar-refractivity contribution < 1.29 is 4.79 Å². The van der Waals surface area contributed by atoms with Gasteiger partial charge in [-0.1, -0.05) is 50.1 Å². The number of hydrogen-bond acceptors (Lipinski definition) is 2. The first-order chi connectivity index (χ1) is 11.2. The minimum absolute atomic E-state index is 0.0565. The van der Waals surface area contributed by atoms with E-state index in [1.165, 1.54) is 38.5 Å². The van der Waals surface area contributed by atoms with Crippen molar-refractivity contribution in [1.82, 2.24) is 14.7 Å². The summed E-state index contributed by atoms with van der Waals surface area (Å²) in [5.41, 5.74) is 0.449. The van der Waals surface area contributed by atoms with Gasteiger partial charge in [0, 0.05) is 24.8 Å². The molecule has 0 aliphatic heterocycles. The first kappa shape index (κ1) is 16.8. The number of aromatic nitrogens is 2. The lowest BCUT2D eigenvalue weighted by molar-refractivity contribution is 0.0442. The van der Waals surface area contributed by atoms with E-state index in [1.54, 1.807) is 10.9 Å². The lowest BCUT2D eigenvalue weighted by atomic mass is 9.88. The Bertz CT molecular complexity index is 512. The summed E-state index contributed by atoms with van der Waals surface area (Å²) in [6.07, 6.45) is 13.8. The van der Waals surface area contributed by atoms with Crippen molar-refractivity contribution in [3.63, 3.8) is 0 Å². The van der Waals surface area contributed by atoms with Crippen molar-refractivity contribution >= 4 is 17.5 Å². The molecule has 1 amide bonds. The van der Waals surface area contributed by atoms with Gasteiger partial charge in [-0.15, -0.1) is 0 Å². The predicted octanol–water partition coefficient (Wildman–Crippen LogP) is 4.66. The van der Waals surface area contributed by atoms with Crippen molar-refractivity contribution in [2.45, 2.75) is 89.8 Å². The van der Waals surface area contributed by atoms with Crippen molar-refractivity contribution in [3.05, 3.63) is 16.9 Å². The van der Waals surface area contributed by atoms with E-state index in [1.807, 2.05) is 6.92 Å². The second-order valence-electron chi connectivity index (χ2n) is 6.98. The topological polar surface area (TPSA) is 38.1 Å². The van der Waals surface area contributed by atoms with Crippen molar-refractivity contribution in [2.75, 3.05) is 0 Å². The average molecular weight is 338 g/mol. The van der Waals surface area contributed by atoms with Crippen LogP contribution in [0, 0.1) is 0 Å². The first-order valence-corrected chi connectivity index (χ1v) is 9.64. The van der Waals surface area contributed by atoms with Crippen LogP contribution in [0.5, 0.6) is 0 Å². The van der Waals surface area contributed by atoms with Gasteiger partial charge in [0.25, 0.3) is 5.91 Å². The second-order valence-corrected chi connectivity index (χ2v) is 7.38. The fraction of sp³-hybridized carbons (Fsp3) is 0.778. The van der Waals surface area contributed by atoms with Crippen molar-refractivity contribution in [1.29, 1.82) is 0 Å². The van der Waals surface area contributed by atoms with E-state index in [9.17, 15) is 4.79 Å². The van der Waals surface area contributed by atoms with Gasteiger partial charge >= 0.3 is 0 Å². The molecule has 2 aliphatic carbocycles. The molecule has 1 aromatic heterocycles. The number of nitrogens with zero attached hydrogens (tertiary/aromatic N) is 3. The number of aryl methyl sites for hydroxylation is 1. The van der Waals surface area contributed by atoms with Gasteiger partial charge in [0.1, 0.15) is 0 Å². The third-order valence-electron chi connectivity index (χ3n) is 5.41. The molecule has 0 aromatic carbocycles. The maximum Gasteiger partial charge on any atom is 0.276 e. The van der Waals surface area contributed by atoms with Crippen LogP contribution >= 0.6 is 11.6 Å². The third-order valence-corrected chi connectivity index (χ3v) is 5.69. The Labute approximate surface area is 144 Å². The molecular weight excluding hydrogens is 310 g/mol. The van der Waals surface area contributed by atoms with Gasteiger partial charge in [-0.2, -0.15) is 5.10 Å². The molecule has 1 aromatic rings. The van der Waals surface area contributed by atoms with Gasteiger partial charge in [0.05, 0.1) is 5.02 Å². The van der Waals surface area contributed by atoms with Crippen LogP contribution in [0.3, 0.4) is 0 Å². The molecule has 1 heterocycles. The molecule has 128 valence electrons. The van der Waals surface area contributed by atoms with Gasteiger partial charge in [-0.05, 0) is 32.6 Å². The molecule has 0 spiro atoms. The smallest absolute Gasteiger partial charge is 0.276 e. The van der Waals surface area contributed by atoms with Crippen LogP contribution in [0.2, 0.25) is 5.02 Å². The van der Waals surface area contributed by atoms with Gasteiger partial charge in [-0.25, -0.2) is 0 Å². The predicted molar refractivity (Wildman–Crippen MR) is 92.8 cm³/mol. The lowest BCUT2D eigenvalue weighted by Crippen LogP contribution is -2.49. The van der Waals surface area contributed by atoms with Crippen LogP contribution in [0.4, 0.5) is 0 Å². The molecule has 23 heavy (non-hydrogen) atoms. The molecule has 0 saturated heterocycles. The summed E-state index contributed by atoms with van der Waals surface area (Å²) < 4.78 is 1.76. The van der Waals surface area contributed by atoms with Crippen LogP contribution in [0.25, 0.3) is 0 Å². The van der Waals surface area contributed by atoms with E-state index in [0.29, 0.717) is 22.8 Å². The maximum atomic E-state index is 13.3. The quantitative estimate of drug-likeness (QED) is 0.801. The van der Waals surface area contributed by atoms with E-state index in [4.69, 9.17) is 11.6 Å². The minimum atomic E-state index is 0.0565. The van der Waals surface area contributed by atoms with Crippen molar-refractivity contribution in [2.24, 2.45) is 0 Å². The summed E-state index contributed by atoms with van der Waals surface area (Å²) in [7, 11) is 0. The lowest BCUT2D eigenvalue weighted by Gasteiger charge is -2.41. The van der Waals surface area contributed by atoms with Crippen LogP contribution < -0.4 is 0 Å². The Hall–Kier alpha value is -1.03. The molecule has 3 rings (SSSR count). The van der Waals surface area contributed by atoms with Crippen LogP contribution in [0.1, 0.15) is 81.6 Å². The van der Waals surface area contributed by atoms with Gasteiger partial charge in [-0.3, -0.25) is 9.48 Å². The Morgan fingerprint density at radius 3 is 2.09 bits per heavy atom. The average Bonchev–Trinajstić information content (AvgIpc) is 2.98. The molecule has 0 unspecified atom stereocenters. The number of amides is 1. The Kier molecular flexibility index (Phi) is 5.62. The Balaban J connectivity index is 1.86. The molecule has 4 nitrogen and oxygen atoms in total. The zero-order valence-electron chi connectivity index (χ0n) is 14.1. The Morgan fingerprint density at radius 2 is 1.65 bits per heavy atom. The molecule has 0 bridgehead atoms. The minimum Gasteiger partial charge on any atom is -0.331 e. The normalized spacial score (nSPS) is 20.6. The highest BCUT2D eigenvalue weighted by Crippen LogP contribution is 2.32. The zero-order valence-corrected chi connectivity index (χ0v) is 14.9. The third kappa shape index (κ3) is 3.73. The molecule has 0 atom stereocenters. The molecular formula is C18H28ClN3O. The summed E-state index contributed by atoms with van der Waals surface area (Å²) in [5, 5.41) is 4.93. The first-order valence-electron chi connectivity index (χ1n) is 9.26. The number of halogens is 1. The summed E-state index contributed by atoms with van der Waals surface area (Å²) in [5.74, 6) is 0.0565. The number of carbonyl (C=O) groups is 1. The standard InChI is InChI=1S/C18H28ClN3O/c1-2-21-13-16(19)17(20-21)18(23)22(14-9-5-3-6-10-14)15-11-7-4-8-12-15/h13-15H,2-12H2,1H3. The highest BCUT2D eigenvalue weighted by atomic mass is 35.5. The van der Waals surface area contributed by atoms with E-state index < -0.39 is 0 Å². The van der Waals surface area contributed by atoms with E-state index in [-0.39, 0.29) is 5.91 Å². The fourth-order valence-corrected chi connectivity index (χ4v) is 4.41. The summed E-state index contributed by atoms with van der Waals surface area (Å²) in [6, 6.07) is 0.754. The van der Waals surface area contributed by atoms with Crippen LogP contribution in [-0.4, -0.2) is 32.7 Å². The van der Waals surface area contributed by atoms with Gasteiger partial charge < -0.3 is 4.90 Å². The summed E-state index contributed by atoms with van der Waals surface area (Å²) in [4.78, 5) is 15.4. The van der Waals surface area contributed by atoms with Gasteiger partial charge in [0.2, 0.25) is 0 Å². The summed E-state index contributed by atoms with van der Waals surface area (Å²) >= 11 is 6.31. The summed E-state index contributed by atoms with van der Waals surface area (Å²) in [6.45, 7) is 2.75. The molecule has 2 aliphatic rings. The second kappa shape index (κ2) is 7.69. The highest BCUT2D eigenvalue weighted by molar-refractivity contribution is 6.33. The van der Waals surface area contributed by atoms with Crippen LogP contribution in [-0.2, 0) is 6.54 Å². The molecule has 0 N–H and O–H groups in total. The maximum absolute atomic E-state index is 13.3. The number of hydrogen-bond donors (Lipinski definition) is 0. The molecule has 2 fully saturated rings. The van der Waals surface area contributed by atoms with E-state index in [0.717, 1.165) is 32.2 Å². The SMILES string of the molecule is CCn1cc(Cl)c(C(=O)N(C2CCCCC2)C2CCCCC2)n1. The molecule has 0 radical (unpaired) electrons.